The Balaban J connectivity index is 0.000000240. The van der Waals surface area contributed by atoms with E-state index in [0.29, 0.717) is 5.66 Å². The summed E-state index contributed by atoms with van der Waals surface area (Å²) in [5.41, 5.74) is -3.28. The van der Waals surface area contributed by atoms with E-state index in [9.17, 15) is 46.1 Å². The molecule has 4 heterocycles. The molecule has 0 saturated carbocycles. The minimum absolute atomic E-state index is 0. The Kier molecular flexibility index (Phi) is 15.1. The Bertz CT molecular complexity index is 2090. The molecule has 59 heavy (non-hydrogen) atoms. The number of rotatable bonds is 6. The van der Waals surface area contributed by atoms with Crippen LogP contribution in [0.15, 0.2) is 128 Å². The molecule has 2 aliphatic rings. The molecule has 4 aromatic rings. The second-order valence-electron chi connectivity index (χ2n) is 14.8. The van der Waals surface area contributed by atoms with Crippen molar-refractivity contribution in [3.8, 4) is 0 Å². The number of azo groups is 2. The third kappa shape index (κ3) is 11.1. The zero-order valence-electron chi connectivity index (χ0n) is 32.2. The summed E-state index contributed by atoms with van der Waals surface area (Å²) in [6, 6.07) is 27.4. The van der Waals surface area contributed by atoms with Crippen LogP contribution in [0.4, 0.5) is 26.3 Å². The van der Waals surface area contributed by atoms with E-state index in [4.69, 9.17) is 0 Å². The largest absolute Gasteiger partial charge is 2.00 e. The van der Waals surface area contributed by atoms with Crippen LogP contribution in [0.1, 0.15) is 80.8 Å². The van der Waals surface area contributed by atoms with E-state index in [1.807, 2.05) is 53.7 Å². The molecule has 0 amide bonds. The first-order chi connectivity index (χ1) is 26.8. The van der Waals surface area contributed by atoms with Crippen LogP contribution in [0.5, 0.6) is 0 Å². The molecule has 20 heteroatoms. The van der Waals surface area contributed by atoms with Gasteiger partial charge in [-0.2, -0.15) is 26.3 Å². The number of benzene rings is 2. The molecule has 0 bridgehead atoms. The van der Waals surface area contributed by atoms with E-state index in [0.717, 1.165) is 11.1 Å². The van der Waals surface area contributed by atoms with Gasteiger partial charge in [0.1, 0.15) is 23.3 Å². The minimum Gasteiger partial charge on any atom is -0.545 e. The van der Waals surface area contributed by atoms with Gasteiger partial charge in [0.2, 0.25) is 0 Å². The summed E-state index contributed by atoms with van der Waals surface area (Å²) in [6.07, 6.45) is -7.72. The standard InChI is InChI=1S/2C13H13F3N4O2.C13H13P.Os/c2*1-11(2,3)7-4-5-17-8(6-7)9-18-12(10(21)22,20-19-9)13(14,15)16;14-13(11-7-3-1-4-8-11)12-9-5-2-6-10-12;/h2*4-6H,1-3H3,(H,21,22);1-10,13H,14H2;/q;;;+2/p-2. The Morgan fingerprint density at radius 2 is 0.915 bits per heavy atom. The van der Waals surface area contributed by atoms with Gasteiger partial charge in [-0.3, -0.25) is 9.97 Å². The number of amidine groups is 2. The molecule has 0 radical (unpaired) electrons. The van der Waals surface area contributed by atoms with Crippen LogP contribution in [-0.2, 0) is 40.2 Å². The van der Waals surface area contributed by atoms with Gasteiger partial charge in [0.25, 0.3) is 0 Å². The Labute approximate surface area is 350 Å². The fraction of sp³-hybridized carbons (Fsp3) is 0.333. The van der Waals surface area contributed by atoms with E-state index in [-0.39, 0.29) is 42.0 Å². The predicted octanol–water partition coefficient (Wildman–Crippen LogP) is 6.85. The van der Waals surface area contributed by atoms with Crippen LogP contribution in [0.3, 0.4) is 0 Å². The van der Waals surface area contributed by atoms with Crippen molar-refractivity contribution in [3.05, 3.63) is 131 Å². The molecular formula is C39H37F6N8O4OsP. The third-order valence-electron chi connectivity index (χ3n) is 8.50. The molecule has 6 rings (SSSR count). The summed E-state index contributed by atoms with van der Waals surface area (Å²) in [4.78, 5) is 35.7. The number of hydrogen-bond donors (Lipinski definition) is 0. The molecule has 0 aliphatic carbocycles. The average molecular weight is 1020 g/mol. The molecule has 0 saturated heterocycles. The topological polar surface area (TPSA) is 180 Å². The van der Waals surface area contributed by atoms with Crippen LogP contribution in [-0.4, -0.2) is 57.3 Å². The van der Waals surface area contributed by atoms with Crippen LogP contribution < -0.4 is 10.2 Å². The van der Waals surface area contributed by atoms with Gasteiger partial charge in [0, 0.05) is 18.1 Å². The number of alkyl halides is 6. The minimum atomic E-state index is -5.25. The van der Waals surface area contributed by atoms with Crippen molar-refractivity contribution in [2.45, 2.75) is 81.7 Å². The van der Waals surface area contributed by atoms with Gasteiger partial charge in [-0.25, -0.2) is 9.98 Å². The first kappa shape index (κ1) is 48.2. The zero-order valence-corrected chi connectivity index (χ0v) is 35.9. The van der Waals surface area contributed by atoms with E-state index in [1.54, 1.807) is 12.1 Å². The summed E-state index contributed by atoms with van der Waals surface area (Å²) < 4.78 is 77.5. The van der Waals surface area contributed by atoms with E-state index in [2.05, 4.69) is 98.2 Å². The first-order valence-electron chi connectivity index (χ1n) is 17.2. The number of halogens is 6. The maximum Gasteiger partial charge on any atom is 2.00 e. The van der Waals surface area contributed by atoms with Crippen molar-refractivity contribution in [3.63, 3.8) is 0 Å². The summed E-state index contributed by atoms with van der Waals surface area (Å²) in [6.45, 7) is 11.4. The van der Waals surface area contributed by atoms with Crippen LogP contribution in [0.25, 0.3) is 0 Å². The maximum atomic E-state index is 12.9. The number of carbonyl (C=O) groups is 2. The number of carbonyl (C=O) groups excluding carboxylic acids is 2. The molecule has 0 fully saturated rings. The number of aliphatic carboxylic acids is 2. The van der Waals surface area contributed by atoms with Gasteiger partial charge in [0.05, 0.1) is 0 Å². The molecule has 2 aromatic heterocycles. The Morgan fingerprint density at radius 1 is 0.593 bits per heavy atom. The summed E-state index contributed by atoms with van der Waals surface area (Å²) in [5, 5.41) is 33.8. The fourth-order valence-electron chi connectivity index (χ4n) is 5.05. The van der Waals surface area contributed by atoms with Gasteiger partial charge in [-0.1, -0.05) is 102 Å². The van der Waals surface area contributed by atoms with Crippen LogP contribution in [0.2, 0.25) is 0 Å². The van der Waals surface area contributed by atoms with Gasteiger partial charge in [-0.05, 0) is 57.3 Å². The quantitative estimate of drug-likeness (QED) is 0.151. The molecule has 12 nitrogen and oxygen atoms in total. The number of aliphatic imine (C=N–C) groups is 2. The Hall–Kier alpha value is -5.13. The summed E-state index contributed by atoms with van der Waals surface area (Å²) >= 11 is 0. The van der Waals surface area contributed by atoms with E-state index < -0.39 is 47.3 Å². The van der Waals surface area contributed by atoms with Crippen molar-refractivity contribution in [1.29, 1.82) is 0 Å². The SMILES string of the molecule is CC(C)(C)c1ccnc(C2=NC(C(=O)[O-])(C(F)(F)F)N=N2)c1.CC(C)(C)c1ccnc(C2=NC(C(=O)[O-])(C(F)(F)F)N=N2)c1.PC(c1ccccc1)c1ccccc1.[Os+2]. The van der Waals surface area contributed by atoms with Crippen LogP contribution >= 0.6 is 9.24 Å². The second kappa shape index (κ2) is 18.4. The van der Waals surface area contributed by atoms with E-state index >= 15 is 0 Å². The predicted molar refractivity (Wildman–Crippen MR) is 201 cm³/mol. The number of carboxylic acids is 2. The van der Waals surface area contributed by atoms with Crippen molar-refractivity contribution in [1.82, 2.24) is 9.97 Å². The normalized spacial score (nSPS) is 18.7. The van der Waals surface area contributed by atoms with Crippen molar-refractivity contribution < 1.29 is 65.9 Å². The Morgan fingerprint density at radius 3 is 1.17 bits per heavy atom. The molecule has 0 spiro atoms. The van der Waals surface area contributed by atoms with Gasteiger partial charge >= 0.3 is 43.5 Å². The third-order valence-corrected chi connectivity index (χ3v) is 9.27. The monoisotopic (exact) mass is 1020 g/mol. The summed E-state index contributed by atoms with van der Waals surface area (Å²) in [7, 11) is 2.89. The molecule has 2 aromatic carbocycles. The second-order valence-corrected chi connectivity index (χ2v) is 15.5. The number of carboxylic acid groups (broad SMARTS) is 2. The molecule has 312 valence electrons. The van der Waals surface area contributed by atoms with Gasteiger partial charge in [0.15, 0.2) is 11.7 Å². The van der Waals surface area contributed by atoms with Gasteiger partial charge in [-0.15, -0.1) is 29.7 Å². The first-order valence-corrected chi connectivity index (χ1v) is 17.9. The number of aromatic nitrogens is 2. The smallest absolute Gasteiger partial charge is 0.545 e. The molecule has 3 atom stereocenters. The van der Waals surface area contributed by atoms with Crippen molar-refractivity contribution >= 4 is 32.8 Å². The van der Waals surface area contributed by atoms with Crippen LogP contribution in [0, 0.1) is 0 Å². The van der Waals surface area contributed by atoms with E-state index in [1.165, 1.54) is 35.7 Å². The van der Waals surface area contributed by atoms with Gasteiger partial charge < -0.3 is 19.8 Å². The van der Waals surface area contributed by atoms with Crippen molar-refractivity contribution in [2.75, 3.05) is 0 Å². The number of pyridine rings is 2. The maximum absolute atomic E-state index is 12.9. The van der Waals surface area contributed by atoms with Crippen molar-refractivity contribution in [2.24, 2.45) is 30.4 Å². The fourth-order valence-corrected chi connectivity index (χ4v) is 5.49. The summed E-state index contributed by atoms with van der Waals surface area (Å²) in [5.74, 6) is -5.95. The number of nitrogens with zero attached hydrogens (tertiary/aromatic N) is 8. The average Bonchev–Trinajstić information content (AvgIpc) is 3.84. The zero-order chi connectivity index (χ0) is 43.3. The number of hydrogen-bond acceptors (Lipinski definition) is 12. The molecular weight excluding hydrogens is 980 g/mol. The molecule has 0 N–H and O–H groups in total. The molecule has 2 aliphatic heterocycles. The molecule has 3 unspecified atom stereocenters.